The summed E-state index contributed by atoms with van der Waals surface area (Å²) in [5.74, 6) is -0.527. The highest BCUT2D eigenvalue weighted by Crippen LogP contribution is 2.24. The van der Waals surface area contributed by atoms with Gasteiger partial charge in [0.1, 0.15) is 0 Å². The monoisotopic (exact) mass is 412 g/mol. The third kappa shape index (κ3) is 4.15. The molecule has 9 heteroatoms. The van der Waals surface area contributed by atoms with E-state index in [0.29, 0.717) is 22.6 Å². The van der Waals surface area contributed by atoms with E-state index < -0.39 is 17.2 Å². The van der Waals surface area contributed by atoms with Gasteiger partial charge in [-0.2, -0.15) is 0 Å². The van der Waals surface area contributed by atoms with Crippen LogP contribution in [0.2, 0.25) is 0 Å². The summed E-state index contributed by atoms with van der Waals surface area (Å²) in [5.41, 5.74) is 5.36. The van der Waals surface area contributed by atoms with Crippen molar-refractivity contribution in [2.24, 2.45) is 5.73 Å². The Morgan fingerprint density at radius 3 is 2.79 bits per heavy atom. The lowest BCUT2D eigenvalue weighted by Crippen LogP contribution is -2.39. The first kappa shape index (κ1) is 18.5. The standard InChI is InChI=1S/C15H17BrN4O3S/c1-3-6-20-13(22)10-7-9(16)4-5-11(10)18-15(20)24-8(2)12(21)19-14(17)23/h4-5,7-8H,3,6H2,1-2H3,(H3,17,19,21,23)/t8-/m1/s1. The highest BCUT2D eigenvalue weighted by molar-refractivity contribution is 9.10. The maximum atomic E-state index is 12.7. The fraction of sp³-hybridized carbons (Fsp3) is 0.333. The zero-order valence-corrected chi connectivity index (χ0v) is 15.6. The number of fused-ring (bicyclic) bond motifs is 1. The molecule has 0 saturated heterocycles. The van der Waals surface area contributed by atoms with E-state index >= 15 is 0 Å². The third-order valence-electron chi connectivity index (χ3n) is 3.23. The summed E-state index contributed by atoms with van der Waals surface area (Å²) < 4.78 is 2.35. The Morgan fingerprint density at radius 2 is 2.17 bits per heavy atom. The van der Waals surface area contributed by atoms with Crippen LogP contribution in [0.5, 0.6) is 0 Å². The van der Waals surface area contributed by atoms with Crippen LogP contribution in [-0.4, -0.2) is 26.7 Å². The van der Waals surface area contributed by atoms with Gasteiger partial charge >= 0.3 is 6.03 Å². The SMILES string of the molecule is CCCn1c(S[C@H](C)C(=O)NC(N)=O)nc2ccc(Br)cc2c1=O. The van der Waals surface area contributed by atoms with Crippen LogP contribution in [0, 0.1) is 0 Å². The molecule has 1 aromatic carbocycles. The summed E-state index contributed by atoms with van der Waals surface area (Å²) >= 11 is 4.47. The minimum absolute atomic E-state index is 0.159. The van der Waals surface area contributed by atoms with Gasteiger partial charge in [-0.1, -0.05) is 34.6 Å². The molecule has 0 aliphatic rings. The summed E-state index contributed by atoms with van der Waals surface area (Å²) in [7, 11) is 0. The molecule has 0 aliphatic carbocycles. The average molecular weight is 413 g/mol. The number of hydrogen-bond acceptors (Lipinski definition) is 5. The van der Waals surface area contributed by atoms with Crippen molar-refractivity contribution in [1.29, 1.82) is 0 Å². The Kier molecular flexibility index (Phi) is 6.00. The second kappa shape index (κ2) is 7.80. The number of nitrogens with two attached hydrogens (primary N) is 1. The number of carbonyl (C=O) groups is 2. The molecule has 1 atom stereocenters. The molecule has 0 aliphatic heterocycles. The summed E-state index contributed by atoms with van der Waals surface area (Å²) in [6, 6.07) is 4.37. The second-order valence-corrected chi connectivity index (χ2v) is 7.35. The molecule has 0 bridgehead atoms. The Balaban J connectivity index is 2.46. The zero-order chi connectivity index (χ0) is 17.9. The molecular formula is C15H17BrN4O3S. The maximum Gasteiger partial charge on any atom is 0.318 e. The van der Waals surface area contributed by atoms with Crippen LogP contribution < -0.4 is 16.6 Å². The maximum absolute atomic E-state index is 12.7. The van der Waals surface area contributed by atoms with Crippen LogP contribution in [0.15, 0.2) is 32.6 Å². The summed E-state index contributed by atoms with van der Waals surface area (Å²) in [6.07, 6.45) is 0.747. The van der Waals surface area contributed by atoms with Crippen LogP contribution in [-0.2, 0) is 11.3 Å². The van der Waals surface area contributed by atoms with E-state index in [4.69, 9.17) is 5.73 Å². The number of amides is 3. The molecule has 24 heavy (non-hydrogen) atoms. The van der Waals surface area contributed by atoms with Crippen LogP contribution >= 0.6 is 27.7 Å². The van der Waals surface area contributed by atoms with Gasteiger partial charge in [-0.15, -0.1) is 0 Å². The van der Waals surface area contributed by atoms with Crippen LogP contribution in [0.1, 0.15) is 20.3 Å². The van der Waals surface area contributed by atoms with Crippen molar-refractivity contribution in [3.63, 3.8) is 0 Å². The van der Waals surface area contributed by atoms with Crippen molar-refractivity contribution < 1.29 is 9.59 Å². The Morgan fingerprint density at radius 1 is 1.46 bits per heavy atom. The first-order valence-electron chi connectivity index (χ1n) is 7.30. The van der Waals surface area contributed by atoms with Gasteiger partial charge in [0.15, 0.2) is 5.16 Å². The molecule has 1 aromatic heterocycles. The Bertz CT molecular complexity index is 852. The first-order valence-corrected chi connectivity index (χ1v) is 8.97. The van der Waals surface area contributed by atoms with Crippen molar-refractivity contribution in [2.75, 3.05) is 0 Å². The number of nitrogens with zero attached hydrogens (tertiary/aromatic N) is 2. The summed E-state index contributed by atoms with van der Waals surface area (Å²) in [5, 5.41) is 2.35. The molecule has 7 nitrogen and oxygen atoms in total. The number of benzene rings is 1. The molecule has 0 fully saturated rings. The number of imide groups is 1. The molecule has 0 radical (unpaired) electrons. The van der Waals surface area contributed by atoms with E-state index in [2.05, 4.69) is 20.9 Å². The number of hydrogen-bond donors (Lipinski definition) is 2. The molecule has 3 N–H and O–H groups in total. The van der Waals surface area contributed by atoms with Crippen molar-refractivity contribution in [1.82, 2.24) is 14.9 Å². The van der Waals surface area contributed by atoms with Gasteiger partial charge in [-0.3, -0.25) is 19.5 Å². The zero-order valence-electron chi connectivity index (χ0n) is 13.2. The van der Waals surface area contributed by atoms with E-state index in [1.54, 1.807) is 29.7 Å². The van der Waals surface area contributed by atoms with Gasteiger partial charge in [0.05, 0.1) is 16.2 Å². The van der Waals surface area contributed by atoms with Gasteiger partial charge in [0.2, 0.25) is 5.91 Å². The Hall–Kier alpha value is -1.87. The van der Waals surface area contributed by atoms with E-state index in [1.807, 2.05) is 12.2 Å². The molecule has 2 rings (SSSR count). The lowest BCUT2D eigenvalue weighted by atomic mass is 10.2. The number of primary amides is 1. The molecule has 128 valence electrons. The van der Waals surface area contributed by atoms with Crippen molar-refractivity contribution in [2.45, 2.75) is 37.2 Å². The minimum atomic E-state index is -0.908. The predicted molar refractivity (Wildman–Crippen MR) is 97.0 cm³/mol. The van der Waals surface area contributed by atoms with Gasteiger partial charge in [0, 0.05) is 11.0 Å². The largest absolute Gasteiger partial charge is 0.351 e. The quantitative estimate of drug-likeness (QED) is 0.578. The number of rotatable bonds is 5. The van der Waals surface area contributed by atoms with Gasteiger partial charge < -0.3 is 5.73 Å². The first-order chi connectivity index (χ1) is 11.3. The smallest absolute Gasteiger partial charge is 0.318 e. The van der Waals surface area contributed by atoms with E-state index in [1.165, 1.54) is 0 Å². The third-order valence-corrected chi connectivity index (χ3v) is 4.81. The number of urea groups is 1. The lowest BCUT2D eigenvalue weighted by Gasteiger charge is -2.15. The normalized spacial score (nSPS) is 12.1. The molecular weight excluding hydrogens is 396 g/mol. The van der Waals surface area contributed by atoms with Crippen LogP contribution in [0.3, 0.4) is 0 Å². The van der Waals surface area contributed by atoms with Gasteiger partial charge in [-0.25, -0.2) is 9.78 Å². The molecule has 2 aromatic rings. The summed E-state index contributed by atoms with van der Waals surface area (Å²) in [6.45, 7) is 4.06. The number of carbonyl (C=O) groups excluding carboxylic acids is 2. The minimum Gasteiger partial charge on any atom is -0.351 e. The van der Waals surface area contributed by atoms with Crippen LogP contribution in [0.4, 0.5) is 4.79 Å². The topological polar surface area (TPSA) is 107 Å². The van der Waals surface area contributed by atoms with Crippen LogP contribution in [0.25, 0.3) is 10.9 Å². The number of halogens is 1. The lowest BCUT2D eigenvalue weighted by molar-refractivity contribution is -0.119. The molecule has 0 unspecified atom stereocenters. The molecule has 0 saturated carbocycles. The van der Waals surface area contributed by atoms with E-state index in [0.717, 1.165) is 22.7 Å². The van der Waals surface area contributed by atoms with E-state index in [9.17, 15) is 14.4 Å². The van der Waals surface area contributed by atoms with Gasteiger partial charge in [0.25, 0.3) is 5.56 Å². The molecule has 0 spiro atoms. The average Bonchev–Trinajstić information content (AvgIpc) is 2.51. The fourth-order valence-electron chi connectivity index (χ4n) is 2.12. The van der Waals surface area contributed by atoms with Crippen molar-refractivity contribution in [3.8, 4) is 0 Å². The summed E-state index contributed by atoms with van der Waals surface area (Å²) in [4.78, 5) is 39.9. The van der Waals surface area contributed by atoms with Gasteiger partial charge in [-0.05, 0) is 31.5 Å². The fourth-order valence-corrected chi connectivity index (χ4v) is 3.41. The highest BCUT2D eigenvalue weighted by atomic mass is 79.9. The Labute approximate surface area is 151 Å². The number of aromatic nitrogens is 2. The van der Waals surface area contributed by atoms with E-state index in [-0.39, 0.29) is 5.56 Å². The van der Waals surface area contributed by atoms with Crippen molar-refractivity contribution in [3.05, 3.63) is 33.0 Å². The van der Waals surface area contributed by atoms with Crippen molar-refractivity contribution >= 4 is 50.5 Å². The predicted octanol–water partition coefficient (Wildman–Crippen LogP) is 2.24. The number of nitrogens with one attached hydrogen (secondary N) is 1. The highest BCUT2D eigenvalue weighted by Gasteiger charge is 2.20. The second-order valence-electron chi connectivity index (χ2n) is 5.13. The molecule has 3 amide bonds. The number of thioether (sulfide) groups is 1. The molecule has 1 heterocycles.